The number of rotatable bonds is 5. The number of carbonyl (C=O) groups is 2. The zero-order chi connectivity index (χ0) is 22.0. The summed E-state index contributed by atoms with van der Waals surface area (Å²) in [5, 5.41) is 2.59. The van der Waals surface area contributed by atoms with E-state index < -0.39 is 0 Å². The molecule has 0 aromatic carbocycles. The molecule has 4 rings (SSSR count). The Morgan fingerprint density at radius 1 is 1.29 bits per heavy atom. The fraction of sp³-hybridized carbons (Fsp3) is 0.435. The minimum atomic E-state index is -0.181. The lowest BCUT2D eigenvalue weighted by molar-refractivity contribution is -0.114. The smallest absolute Gasteiger partial charge is 0.272 e. The van der Waals surface area contributed by atoms with Crippen LogP contribution in [-0.4, -0.2) is 78.9 Å². The Balaban J connectivity index is 1.37. The van der Waals surface area contributed by atoms with Gasteiger partial charge < -0.3 is 10.2 Å². The van der Waals surface area contributed by atoms with E-state index in [0.29, 0.717) is 18.2 Å². The molecule has 1 aromatic rings. The van der Waals surface area contributed by atoms with Crippen molar-refractivity contribution >= 4 is 29.4 Å². The highest BCUT2D eigenvalue weighted by Gasteiger charge is 2.27. The summed E-state index contributed by atoms with van der Waals surface area (Å²) in [6, 6.07) is 3.89. The van der Waals surface area contributed by atoms with Crippen LogP contribution in [0.2, 0.25) is 0 Å². The van der Waals surface area contributed by atoms with Gasteiger partial charge in [0.15, 0.2) is 0 Å². The van der Waals surface area contributed by atoms with E-state index in [1.807, 2.05) is 31.4 Å². The summed E-state index contributed by atoms with van der Waals surface area (Å²) in [7, 11) is 1.60. The molecule has 2 amide bonds. The summed E-state index contributed by atoms with van der Waals surface area (Å²) in [6.07, 6.45) is 8.31. The van der Waals surface area contributed by atoms with E-state index in [-0.39, 0.29) is 17.9 Å². The van der Waals surface area contributed by atoms with Gasteiger partial charge >= 0.3 is 0 Å². The lowest BCUT2D eigenvalue weighted by atomic mass is 9.98. The Morgan fingerprint density at radius 3 is 2.81 bits per heavy atom. The van der Waals surface area contributed by atoms with Crippen LogP contribution in [0.1, 0.15) is 30.8 Å². The first-order valence-corrected chi connectivity index (χ1v) is 10.7. The van der Waals surface area contributed by atoms with Gasteiger partial charge in [-0.3, -0.25) is 19.5 Å². The standard InChI is InChI=1S/C23H28N6O2/c1-4-17-10-20-21(27-22(17)30)9-16(11-25-20)14-28-7-8-29(15(2)13-28)18-5-6-19(26-12-18)23(31)24-3/h5-6,9-12,15,20H,4,7-8,13-14H2,1-3H3,(H,24,31)/t15-,20?/m1/s1. The second kappa shape index (κ2) is 8.93. The van der Waals surface area contributed by atoms with Crippen molar-refractivity contribution in [2.45, 2.75) is 32.4 Å². The highest BCUT2D eigenvalue weighted by atomic mass is 16.2. The van der Waals surface area contributed by atoms with Crippen LogP contribution in [0.5, 0.6) is 0 Å². The number of piperazine rings is 1. The van der Waals surface area contributed by atoms with Gasteiger partial charge in [0, 0.05) is 51.1 Å². The molecule has 1 unspecified atom stereocenters. The zero-order valence-corrected chi connectivity index (χ0v) is 18.2. The number of anilines is 1. The Kier molecular flexibility index (Phi) is 6.08. The van der Waals surface area contributed by atoms with Crippen LogP contribution < -0.4 is 10.2 Å². The van der Waals surface area contributed by atoms with Gasteiger partial charge in [-0.05, 0) is 43.2 Å². The van der Waals surface area contributed by atoms with Gasteiger partial charge in [-0.15, -0.1) is 0 Å². The quantitative estimate of drug-likeness (QED) is 0.782. The first-order chi connectivity index (χ1) is 15.0. The average molecular weight is 421 g/mol. The maximum atomic E-state index is 12.1. The Labute approximate surface area is 182 Å². The topological polar surface area (TPSA) is 90.3 Å². The summed E-state index contributed by atoms with van der Waals surface area (Å²) < 4.78 is 0. The second-order valence-corrected chi connectivity index (χ2v) is 8.09. The fourth-order valence-electron chi connectivity index (χ4n) is 4.24. The van der Waals surface area contributed by atoms with E-state index in [1.54, 1.807) is 19.3 Å². The number of pyridine rings is 1. The van der Waals surface area contributed by atoms with Crippen LogP contribution in [0.3, 0.4) is 0 Å². The number of hydrogen-bond donors (Lipinski definition) is 1. The van der Waals surface area contributed by atoms with Crippen molar-refractivity contribution in [3.05, 3.63) is 47.3 Å². The normalized spacial score (nSPS) is 23.6. The Bertz CT molecular complexity index is 992. The molecule has 4 heterocycles. The van der Waals surface area contributed by atoms with Gasteiger partial charge in [0.1, 0.15) is 11.7 Å². The third-order valence-corrected chi connectivity index (χ3v) is 5.94. The molecule has 3 aliphatic heterocycles. The van der Waals surface area contributed by atoms with Gasteiger partial charge in [0.2, 0.25) is 0 Å². The van der Waals surface area contributed by atoms with Gasteiger partial charge in [-0.2, -0.15) is 0 Å². The monoisotopic (exact) mass is 420 g/mol. The first-order valence-electron chi connectivity index (χ1n) is 10.7. The van der Waals surface area contributed by atoms with E-state index in [1.165, 1.54) is 0 Å². The molecule has 1 N–H and O–H groups in total. The van der Waals surface area contributed by atoms with Crippen molar-refractivity contribution < 1.29 is 9.59 Å². The van der Waals surface area contributed by atoms with Crippen molar-refractivity contribution in [2.75, 3.05) is 38.1 Å². The number of aromatic nitrogens is 1. The molecule has 1 aromatic heterocycles. The van der Waals surface area contributed by atoms with Crippen molar-refractivity contribution in [3.8, 4) is 0 Å². The van der Waals surface area contributed by atoms with Crippen LogP contribution in [0.25, 0.3) is 0 Å². The molecule has 31 heavy (non-hydrogen) atoms. The molecule has 0 radical (unpaired) electrons. The van der Waals surface area contributed by atoms with Crippen molar-refractivity contribution in [3.63, 3.8) is 0 Å². The summed E-state index contributed by atoms with van der Waals surface area (Å²) in [5.74, 6) is -0.320. The molecule has 1 fully saturated rings. The summed E-state index contributed by atoms with van der Waals surface area (Å²) >= 11 is 0. The predicted octanol–water partition coefficient (Wildman–Crippen LogP) is 1.65. The largest absolute Gasteiger partial charge is 0.365 e. The van der Waals surface area contributed by atoms with E-state index in [0.717, 1.165) is 48.7 Å². The molecule has 0 spiro atoms. The second-order valence-electron chi connectivity index (χ2n) is 8.09. The number of hydrogen-bond acceptors (Lipinski definition) is 6. The van der Waals surface area contributed by atoms with Crippen molar-refractivity contribution in [2.24, 2.45) is 9.98 Å². The highest BCUT2D eigenvalue weighted by molar-refractivity contribution is 6.16. The zero-order valence-electron chi connectivity index (χ0n) is 18.2. The number of fused-ring (bicyclic) bond motifs is 1. The molecule has 3 aliphatic rings. The third-order valence-electron chi connectivity index (χ3n) is 5.94. The van der Waals surface area contributed by atoms with Gasteiger partial charge in [0.25, 0.3) is 11.8 Å². The van der Waals surface area contributed by atoms with E-state index in [9.17, 15) is 9.59 Å². The molecule has 0 aliphatic carbocycles. The molecule has 1 saturated heterocycles. The number of amides is 2. The van der Waals surface area contributed by atoms with Crippen LogP contribution in [0, 0.1) is 0 Å². The van der Waals surface area contributed by atoms with Gasteiger partial charge in [-0.1, -0.05) is 6.92 Å². The SMILES string of the molecule is CCC1=CC2N=CC(CN3CCN(c4ccc(C(=O)NC)nc4)[C@H](C)C3)=CC2=NC1=O. The number of nitrogens with one attached hydrogen (secondary N) is 1. The lowest BCUT2D eigenvalue weighted by Gasteiger charge is -2.41. The van der Waals surface area contributed by atoms with E-state index >= 15 is 0 Å². The number of carbonyl (C=O) groups excluding carboxylic acids is 2. The molecule has 162 valence electrons. The number of dihydropyridines is 2. The van der Waals surface area contributed by atoms with Crippen molar-refractivity contribution in [1.82, 2.24) is 15.2 Å². The Hall–Kier alpha value is -3.13. The highest BCUT2D eigenvalue weighted by Crippen LogP contribution is 2.22. The molecule has 0 bridgehead atoms. The number of aliphatic imine (C=N–C) groups is 2. The summed E-state index contributed by atoms with van der Waals surface area (Å²) in [6.45, 7) is 7.61. The van der Waals surface area contributed by atoms with Crippen LogP contribution in [0.4, 0.5) is 5.69 Å². The van der Waals surface area contributed by atoms with E-state index in [2.05, 4.69) is 37.0 Å². The van der Waals surface area contributed by atoms with Crippen LogP contribution >= 0.6 is 0 Å². The molecule has 8 nitrogen and oxygen atoms in total. The van der Waals surface area contributed by atoms with Gasteiger partial charge in [0.05, 0.1) is 17.6 Å². The third kappa shape index (κ3) is 4.49. The molecular weight excluding hydrogens is 392 g/mol. The minimum absolute atomic E-state index is 0.127. The molecule has 2 atom stereocenters. The molecule has 8 heteroatoms. The summed E-state index contributed by atoms with van der Waals surface area (Å²) in [5.41, 5.74) is 4.01. The first kappa shape index (κ1) is 21.1. The Morgan fingerprint density at radius 2 is 2.13 bits per heavy atom. The molecular formula is C23H28N6O2. The minimum Gasteiger partial charge on any atom is -0.365 e. The van der Waals surface area contributed by atoms with E-state index in [4.69, 9.17) is 0 Å². The maximum absolute atomic E-state index is 12.1. The van der Waals surface area contributed by atoms with Crippen LogP contribution in [0.15, 0.2) is 51.6 Å². The average Bonchev–Trinajstić information content (AvgIpc) is 2.78. The fourth-order valence-corrected chi connectivity index (χ4v) is 4.24. The van der Waals surface area contributed by atoms with Crippen molar-refractivity contribution in [1.29, 1.82) is 0 Å². The summed E-state index contributed by atoms with van der Waals surface area (Å²) in [4.78, 5) is 41.6. The predicted molar refractivity (Wildman–Crippen MR) is 122 cm³/mol. The molecule has 0 saturated carbocycles. The lowest BCUT2D eigenvalue weighted by Crippen LogP contribution is -2.52. The maximum Gasteiger partial charge on any atom is 0.272 e. The van der Waals surface area contributed by atoms with Crippen LogP contribution in [-0.2, 0) is 4.79 Å². The number of nitrogens with zero attached hydrogens (tertiary/aromatic N) is 5. The van der Waals surface area contributed by atoms with Gasteiger partial charge in [-0.25, -0.2) is 9.98 Å².